The summed E-state index contributed by atoms with van der Waals surface area (Å²) in [6.07, 6.45) is 1.49. The fourth-order valence-corrected chi connectivity index (χ4v) is 2.60. The van der Waals surface area contributed by atoms with Gasteiger partial charge in [-0.15, -0.1) is 5.10 Å². The highest BCUT2D eigenvalue weighted by atomic mass is 16.1. The number of nitrogens with zero attached hydrogens (tertiary/aromatic N) is 4. The predicted molar refractivity (Wildman–Crippen MR) is 91.1 cm³/mol. The molecule has 0 aliphatic heterocycles. The number of anilines is 1. The van der Waals surface area contributed by atoms with E-state index in [-0.39, 0.29) is 5.91 Å². The molecule has 1 N–H and O–H groups in total. The highest BCUT2D eigenvalue weighted by molar-refractivity contribution is 6.09. The molecule has 24 heavy (non-hydrogen) atoms. The number of aromatic nitrogens is 4. The Morgan fingerprint density at radius 2 is 1.79 bits per heavy atom. The van der Waals surface area contributed by atoms with Crippen LogP contribution in [0.4, 0.5) is 5.69 Å². The van der Waals surface area contributed by atoms with Gasteiger partial charge in [0.1, 0.15) is 6.33 Å². The van der Waals surface area contributed by atoms with Crippen LogP contribution in [0.3, 0.4) is 0 Å². The second-order valence-electron chi connectivity index (χ2n) is 5.29. The van der Waals surface area contributed by atoms with Gasteiger partial charge in [0, 0.05) is 16.6 Å². The monoisotopic (exact) mass is 315 g/mol. The smallest absolute Gasteiger partial charge is 0.255 e. The van der Waals surface area contributed by atoms with Gasteiger partial charge in [-0.05, 0) is 40.1 Å². The fraction of sp³-hybridized carbons (Fsp3) is 0. The normalized spacial score (nSPS) is 10.7. The van der Waals surface area contributed by atoms with E-state index in [4.69, 9.17) is 0 Å². The average molecular weight is 315 g/mol. The number of benzene rings is 3. The van der Waals surface area contributed by atoms with Gasteiger partial charge in [0.2, 0.25) is 0 Å². The van der Waals surface area contributed by atoms with Crippen LogP contribution in [-0.4, -0.2) is 26.1 Å². The van der Waals surface area contributed by atoms with E-state index < -0.39 is 0 Å². The third-order valence-electron chi connectivity index (χ3n) is 3.76. The molecular formula is C18H13N5O. The molecule has 116 valence electrons. The summed E-state index contributed by atoms with van der Waals surface area (Å²) in [6, 6.07) is 20.9. The molecule has 0 aliphatic rings. The van der Waals surface area contributed by atoms with Gasteiger partial charge in [0.15, 0.2) is 0 Å². The Hall–Kier alpha value is -3.54. The number of nitrogens with one attached hydrogen (secondary N) is 1. The number of rotatable bonds is 3. The molecule has 4 rings (SSSR count). The number of hydrogen-bond acceptors (Lipinski definition) is 4. The molecule has 0 aliphatic carbocycles. The Morgan fingerprint density at radius 1 is 0.958 bits per heavy atom. The van der Waals surface area contributed by atoms with Crippen LogP contribution in [0.15, 0.2) is 73.1 Å². The van der Waals surface area contributed by atoms with Crippen LogP contribution < -0.4 is 5.32 Å². The van der Waals surface area contributed by atoms with Crippen LogP contribution in [0, 0.1) is 0 Å². The number of carbonyl (C=O) groups excluding carboxylic acids is 1. The van der Waals surface area contributed by atoms with Gasteiger partial charge in [0.05, 0.1) is 5.69 Å². The first-order chi connectivity index (χ1) is 11.8. The topological polar surface area (TPSA) is 72.7 Å². The van der Waals surface area contributed by atoms with E-state index in [9.17, 15) is 4.79 Å². The molecule has 0 saturated heterocycles. The maximum Gasteiger partial charge on any atom is 0.255 e. The Bertz CT molecular complexity index is 1010. The summed E-state index contributed by atoms with van der Waals surface area (Å²) < 4.78 is 1.51. The van der Waals surface area contributed by atoms with E-state index in [1.807, 2.05) is 48.5 Å². The van der Waals surface area contributed by atoms with Crippen LogP contribution in [0.2, 0.25) is 0 Å². The number of hydrogen-bond donors (Lipinski definition) is 1. The maximum absolute atomic E-state index is 12.6. The van der Waals surface area contributed by atoms with Gasteiger partial charge in [-0.3, -0.25) is 4.79 Å². The summed E-state index contributed by atoms with van der Waals surface area (Å²) in [5, 5.41) is 16.1. The minimum absolute atomic E-state index is 0.179. The summed E-state index contributed by atoms with van der Waals surface area (Å²) in [5.74, 6) is -0.179. The summed E-state index contributed by atoms with van der Waals surface area (Å²) in [4.78, 5) is 12.6. The Balaban J connectivity index is 1.66. The highest BCUT2D eigenvalue weighted by Gasteiger charge is 2.09. The van der Waals surface area contributed by atoms with Crippen LogP contribution >= 0.6 is 0 Å². The van der Waals surface area contributed by atoms with E-state index >= 15 is 0 Å². The Kier molecular flexibility index (Phi) is 3.47. The zero-order chi connectivity index (χ0) is 16.4. The quantitative estimate of drug-likeness (QED) is 0.630. The molecule has 0 fully saturated rings. The van der Waals surface area contributed by atoms with Gasteiger partial charge in [0.25, 0.3) is 5.91 Å². The van der Waals surface area contributed by atoms with Crippen molar-refractivity contribution >= 4 is 22.4 Å². The summed E-state index contributed by atoms with van der Waals surface area (Å²) in [6.45, 7) is 0. The molecular weight excluding hydrogens is 302 g/mol. The second kappa shape index (κ2) is 5.92. The lowest BCUT2D eigenvalue weighted by Crippen LogP contribution is -2.12. The first-order valence-electron chi connectivity index (χ1n) is 7.44. The first kappa shape index (κ1) is 14.1. The standard InChI is InChI=1S/C18H13N5O/c24-18(14-7-3-8-15(11-14)23-12-19-21-22-23)20-17-10-4-6-13-5-1-2-9-16(13)17/h1-12H,(H,20,24). The molecule has 0 saturated carbocycles. The lowest BCUT2D eigenvalue weighted by molar-refractivity contribution is 0.102. The molecule has 0 spiro atoms. The number of fused-ring (bicyclic) bond motifs is 1. The molecule has 4 aromatic rings. The summed E-state index contributed by atoms with van der Waals surface area (Å²) in [7, 11) is 0. The molecule has 6 nitrogen and oxygen atoms in total. The minimum Gasteiger partial charge on any atom is -0.321 e. The van der Waals surface area contributed by atoms with Crippen LogP contribution in [0.25, 0.3) is 16.5 Å². The Morgan fingerprint density at radius 3 is 2.67 bits per heavy atom. The third-order valence-corrected chi connectivity index (χ3v) is 3.76. The third kappa shape index (κ3) is 2.61. The van der Waals surface area contributed by atoms with Crippen molar-refractivity contribution in [2.45, 2.75) is 0 Å². The van der Waals surface area contributed by atoms with Crippen molar-refractivity contribution in [1.82, 2.24) is 20.2 Å². The van der Waals surface area contributed by atoms with Crippen molar-refractivity contribution in [2.75, 3.05) is 5.32 Å². The summed E-state index contributed by atoms with van der Waals surface area (Å²) >= 11 is 0. The maximum atomic E-state index is 12.6. The molecule has 0 bridgehead atoms. The molecule has 1 amide bonds. The molecule has 0 radical (unpaired) electrons. The van der Waals surface area contributed by atoms with Gasteiger partial charge in [-0.2, -0.15) is 0 Å². The van der Waals surface area contributed by atoms with Gasteiger partial charge >= 0.3 is 0 Å². The van der Waals surface area contributed by atoms with Crippen LogP contribution in [0.1, 0.15) is 10.4 Å². The van der Waals surface area contributed by atoms with Crippen molar-refractivity contribution < 1.29 is 4.79 Å². The van der Waals surface area contributed by atoms with Crippen molar-refractivity contribution in [2.24, 2.45) is 0 Å². The summed E-state index contributed by atoms with van der Waals surface area (Å²) in [5.41, 5.74) is 2.05. The average Bonchev–Trinajstić information content (AvgIpc) is 3.17. The number of amides is 1. The lowest BCUT2D eigenvalue weighted by atomic mass is 10.1. The molecule has 3 aromatic carbocycles. The molecule has 0 unspecified atom stereocenters. The van der Waals surface area contributed by atoms with E-state index in [0.717, 1.165) is 22.1 Å². The number of carbonyl (C=O) groups is 1. The van der Waals surface area contributed by atoms with Gasteiger partial charge in [-0.25, -0.2) is 4.68 Å². The first-order valence-corrected chi connectivity index (χ1v) is 7.44. The van der Waals surface area contributed by atoms with Crippen molar-refractivity contribution in [3.63, 3.8) is 0 Å². The second-order valence-corrected chi connectivity index (χ2v) is 5.29. The highest BCUT2D eigenvalue weighted by Crippen LogP contribution is 2.23. The van der Waals surface area contributed by atoms with Crippen molar-refractivity contribution in [3.8, 4) is 5.69 Å². The largest absolute Gasteiger partial charge is 0.321 e. The minimum atomic E-state index is -0.179. The van der Waals surface area contributed by atoms with E-state index in [1.165, 1.54) is 11.0 Å². The Labute approximate surface area is 137 Å². The zero-order valence-corrected chi connectivity index (χ0v) is 12.6. The van der Waals surface area contributed by atoms with Gasteiger partial charge in [-0.1, -0.05) is 42.5 Å². The van der Waals surface area contributed by atoms with Crippen molar-refractivity contribution in [3.05, 3.63) is 78.6 Å². The van der Waals surface area contributed by atoms with E-state index in [2.05, 4.69) is 20.8 Å². The predicted octanol–water partition coefficient (Wildman–Crippen LogP) is 3.07. The van der Waals surface area contributed by atoms with Crippen LogP contribution in [0.5, 0.6) is 0 Å². The van der Waals surface area contributed by atoms with Crippen LogP contribution in [-0.2, 0) is 0 Å². The molecule has 0 atom stereocenters. The van der Waals surface area contributed by atoms with Gasteiger partial charge < -0.3 is 5.32 Å². The van der Waals surface area contributed by atoms with E-state index in [1.54, 1.807) is 18.2 Å². The fourth-order valence-electron chi connectivity index (χ4n) is 2.60. The molecule has 1 aromatic heterocycles. The molecule has 1 heterocycles. The van der Waals surface area contributed by atoms with Crippen molar-refractivity contribution in [1.29, 1.82) is 0 Å². The lowest BCUT2D eigenvalue weighted by Gasteiger charge is -2.09. The molecule has 6 heteroatoms. The number of tetrazole rings is 1. The SMILES string of the molecule is O=C(Nc1cccc2ccccc12)c1cccc(-n2cnnn2)c1. The van der Waals surface area contributed by atoms with E-state index in [0.29, 0.717) is 5.56 Å². The zero-order valence-electron chi connectivity index (χ0n) is 12.6.